The normalized spacial score (nSPS) is 13.1. The summed E-state index contributed by atoms with van der Waals surface area (Å²) in [6.45, 7) is 5.53. The molecule has 41 heavy (non-hydrogen) atoms. The maximum absolute atomic E-state index is 6.19. The number of benzene rings is 6. The van der Waals surface area contributed by atoms with Crippen LogP contribution < -0.4 is 10.6 Å². The zero-order chi connectivity index (χ0) is 28.1. The Labute approximate surface area is 242 Å². The lowest BCUT2D eigenvalue weighted by Gasteiger charge is -2.23. The molecule has 2 nitrogen and oxygen atoms in total. The molecule has 0 aliphatic heterocycles. The number of nitrogen functional groups attached to an aromatic ring is 1. The van der Waals surface area contributed by atoms with Gasteiger partial charge in [-0.15, -0.1) is 0 Å². The maximum atomic E-state index is 6.19. The lowest BCUT2D eigenvalue weighted by Crippen LogP contribution is -2.17. The monoisotopic (exact) mass is 530 g/mol. The summed E-state index contributed by atoms with van der Waals surface area (Å²) in [5.41, 5.74) is 19.7. The Hall–Kier alpha value is -4.82. The van der Waals surface area contributed by atoms with Gasteiger partial charge in [0.05, 0.1) is 11.4 Å². The van der Waals surface area contributed by atoms with Crippen LogP contribution in [0.1, 0.15) is 30.5 Å². The second kappa shape index (κ2) is 9.67. The van der Waals surface area contributed by atoms with E-state index in [-0.39, 0.29) is 5.41 Å². The summed E-state index contributed by atoms with van der Waals surface area (Å²) in [7, 11) is 2.09. The number of hydrogen-bond acceptors (Lipinski definition) is 2. The SMILES string of the molecule is CN(Cc1ccc(-c2ccc3c(c2)C(C)(C)c2cc(-c4ccc5ccccc5c4)ccc2-3)cc1)c1ccccc1N. The van der Waals surface area contributed by atoms with Crippen LogP contribution in [0.5, 0.6) is 0 Å². The minimum atomic E-state index is -0.0776. The number of nitrogens with zero attached hydrogens (tertiary/aromatic N) is 1. The average molecular weight is 531 g/mol. The van der Waals surface area contributed by atoms with Crippen molar-refractivity contribution in [2.45, 2.75) is 25.8 Å². The molecule has 0 radical (unpaired) electrons. The first kappa shape index (κ1) is 25.2. The van der Waals surface area contributed by atoms with E-state index >= 15 is 0 Å². The van der Waals surface area contributed by atoms with E-state index in [1.807, 2.05) is 18.2 Å². The Balaban J connectivity index is 1.17. The van der Waals surface area contributed by atoms with Crippen molar-refractivity contribution in [1.82, 2.24) is 0 Å². The quantitative estimate of drug-likeness (QED) is 0.225. The van der Waals surface area contributed by atoms with Crippen LogP contribution in [0.3, 0.4) is 0 Å². The van der Waals surface area contributed by atoms with Crippen molar-refractivity contribution in [3.63, 3.8) is 0 Å². The summed E-state index contributed by atoms with van der Waals surface area (Å²) in [4.78, 5) is 2.20. The Morgan fingerprint density at radius 3 is 1.78 bits per heavy atom. The predicted molar refractivity (Wildman–Crippen MR) is 175 cm³/mol. The molecule has 2 heteroatoms. The lowest BCUT2D eigenvalue weighted by molar-refractivity contribution is 0.661. The fraction of sp³-hybridized carbons (Fsp3) is 0.128. The van der Waals surface area contributed by atoms with E-state index in [1.165, 1.54) is 60.8 Å². The summed E-state index contributed by atoms with van der Waals surface area (Å²) >= 11 is 0. The molecule has 0 amide bonds. The van der Waals surface area contributed by atoms with E-state index in [0.29, 0.717) is 0 Å². The molecule has 1 aliphatic rings. The molecule has 0 fully saturated rings. The third-order valence-corrected chi connectivity index (χ3v) is 8.81. The van der Waals surface area contributed by atoms with Gasteiger partial charge in [-0.2, -0.15) is 0 Å². The standard InChI is InChI=1S/C39H34N2/c1-39(2)35-23-31(28-14-12-26(13-15-28)25-41(3)38-11-7-6-10-37(38)40)18-20-33(35)34-21-19-32(24-36(34)39)30-17-16-27-8-4-5-9-29(27)22-30/h4-24H,25,40H2,1-3H3. The van der Waals surface area contributed by atoms with Gasteiger partial charge >= 0.3 is 0 Å². The Morgan fingerprint density at radius 1 is 0.561 bits per heavy atom. The van der Waals surface area contributed by atoms with Crippen LogP contribution in [-0.4, -0.2) is 7.05 Å². The third kappa shape index (κ3) is 4.37. The molecule has 2 N–H and O–H groups in total. The highest BCUT2D eigenvalue weighted by atomic mass is 15.1. The fourth-order valence-corrected chi connectivity index (χ4v) is 6.46. The summed E-state index contributed by atoms with van der Waals surface area (Å²) in [5, 5.41) is 2.55. The zero-order valence-electron chi connectivity index (χ0n) is 23.9. The summed E-state index contributed by atoms with van der Waals surface area (Å²) in [6, 6.07) is 46.3. The Morgan fingerprint density at radius 2 is 1.10 bits per heavy atom. The minimum absolute atomic E-state index is 0.0776. The topological polar surface area (TPSA) is 29.3 Å². The molecule has 0 spiro atoms. The molecule has 0 heterocycles. The molecule has 6 aromatic rings. The average Bonchev–Trinajstić information content (AvgIpc) is 3.23. The molecule has 200 valence electrons. The van der Waals surface area contributed by atoms with Gasteiger partial charge in [0, 0.05) is 19.0 Å². The fourth-order valence-electron chi connectivity index (χ4n) is 6.46. The van der Waals surface area contributed by atoms with Crippen molar-refractivity contribution in [2.24, 2.45) is 0 Å². The number of para-hydroxylation sites is 2. The second-order valence-corrected chi connectivity index (χ2v) is 11.8. The van der Waals surface area contributed by atoms with E-state index in [1.54, 1.807) is 0 Å². The van der Waals surface area contributed by atoms with Crippen LogP contribution in [-0.2, 0) is 12.0 Å². The van der Waals surface area contributed by atoms with E-state index in [0.717, 1.165) is 17.9 Å². The summed E-state index contributed by atoms with van der Waals surface area (Å²) in [5.74, 6) is 0. The van der Waals surface area contributed by atoms with Crippen LogP contribution in [0.4, 0.5) is 11.4 Å². The van der Waals surface area contributed by atoms with Gasteiger partial charge in [-0.1, -0.05) is 111 Å². The maximum Gasteiger partial charge on any atom is 0.0600 e. The molecule has 0 unspecified atom stereocenters. The Kier molecular flexibility index (Phi) is 5.94. The molecule has 0 saturated carbocycles. The summed E-state index contributed by atoms with van der Waals surface area (Å²) in [6.07, 6.45) is 0. The van der Waals surface area contributed by atoms with E-state index < -0.39 is 0 Å². The van der Waals surface area contributed by atoms with Crippen molar-refractivity contribution in [2.75, 3.05) is 17.7 Å². The predicted octanol–water partition coefficient (Wildman–Crippen LogP) is 9.70. The molecule has 6 aromatic carbocycles. The molecule has 0 saturated heterocycles. The van der Waals surface area contributed by atoms with Gasteiger partial charge in [-0.25, -0.2) is 0 Å². The smallest absolute Gasteiger partial charge is 0.0600 e. The van der Waals surface area contributed by atoms with Crippen molar-refractivity contribution >= 4 is 22.1 Å². The van der Waals surface area contributed by atoms with Gasteiger partial charge < -0.3 is 10.6 Å². The summed E-state index contributed by atoms with van der Waals surface area (Å²) < 4.78 is 0. The first-order valence-corrected chi connectivity index (χ1v) is 14.3. The highest BCUT2D eigenvalue weighted by molar-refractivity contribution is 5.89. The number of fused-ring (bicyclic) bond motifs is 4. The zero-order valence-corrected chi connectivity index (χ0v) is 23.9. The van der Waals surface area contributed by atoms with Crippen LogP contribution >= 0.6 is 0 Å². The van der Waals surface area contributed by atoms with E-state index in [2.05, 4.69) is 135 Å². The largest absolute Gasteiger partial charge is 0.397 e. The van der Waals surface area contributed by atoms with Crippen molar-refractivity contribution in [3.8, 4) is 33.4 Å². The van der Waals surface area contributed by atoms with Crippen molar-refractivity contribution in [3.05, 3.63) is 144 Å². The van der Waals surface area contributed by atoms with Gasteiger partial charge in [-0.3, -0.25) is 0 Å². The molecule has 7 rings (SSSR count). The molecule has 0 aromatic heterocycles. The number of nitrogens with two attached hydrogens (primary N) is 1. The molecule has 0 bridgehead atoms. The molecular weight excluding hydrogens is 496 g/mol. The van der Waals surface area contributed by atoms with Crippen LogP contribution in [0.15, 0.2) is 127 Å². The van der Waals surface area contributed by atoms with Gasteiger partial charge in [0.1, 0.15) is 0 Å². The Bertz CT molecular complexity index is 1910. The first-order chi connectivity index (χ1) is 19.9. The third-order valence-electron chi connectivity index (χ3n) is 8.81. The van der Waals surface area contributed by atoms with Gasteiger partial charge in [0.25, 0.3) is 0 Å². The highest BCUT2D eigenvalue weighted by Gasteiger charge is 2.35. The van der Waals surface area contributed by atoms with Crippen LogP contribution in [0.25, 0.3) is 44.2 Å². The lowest BCUT2D eigenvalue weighted by atomic mass is 9.80. The van der Waals surface area contributed by atoms with Gasteiger partial charge in [0.2, 0.25) is 0 Å². The number of rotatable bonds is 5. The molecule has 0 atom stereocenters. The number of hydrogen-bond donors (Lipinski definition) is 1. The number of anilines is 2. The van der Waals surface area contributed by atoms with Crippen LogP contribution in [0.2, 0.25) is 0 Å². The minimum Gasteiger partial charge on any atom is -0.397 e. The van der Waals surface area contributed by atoms with E-state index in [4.69, 9.17) is 5.73 Å². The van der Waals surface area contributed by atoms with Crippen molar-refractivity contribution in [1.29, 1.82) is 0 Å². The first-order valence-electron chi connectivity index (χ1n) is 14.3. The van der Waals surface area contributed by atoms with Gasteiger partial charge in [-0.05, 0) is 91.2 Å². The van der Waals surface area contributed by atoms with Crippen molar-refractivity contribution < 1.29 is 0 Å². The van der Waals surface area contributed by atoms with Crippen LogP contribution in [0, 0.1) is 0 Å². The van der Waals surface area contributed by atoms with Gasteiger partial charge in [0.15, 0.2) is 0 Å². The highest BCUT2D eigenvalue weighted by Crippen LogP contribution is 2.50. The molecular formula is C39H34N2. The molecule has 1 aliphatic carbocycles. The van der Waals surface area contributed by atoms with E-state index in [9.17, 15) is 0 Å². The second-order valence-electron chi connectivity index (χ2n) is 11.8.